The normalized spacial score (nSPS) is 10.5. The molecule has 0 atom stereocenters. The lowest BCUT2D eigenvalue weighted by atomic mass is 10.1. The maximum atomic E-state index is 12.1. The first kappa shape index (κ1) is 19.6. The number of hydrogen-bond donors (Lipinski definition) is 1. The summed E-state index contributed by atoms with van der Waals surface area (Å²) < 4.78 is 5.87. The van der Waals surface area contributed by atoms with Crippen molar-refractivity contribution in [2.45, 2.75) is 13.3 Å². The van der Waals surface area contributed by atoms with Crippen LogP contribution in [-0.4, -0.2) is 24.3 Å². The highest BCUT2D eigenvalue weighted by Crippen LogP contribution is 2.13. The second-order valence-corrected chi connectivity index (χ2v) is 6.31. The van der Waals surface area contributed by atoms with Gasteiger partial charge in [0.05, 0.1) is 0 Å². The minimum absolute atomic E-state index is 0.102. The van der Waals surface area contributed by atoms with E-state index in [1.54, 1.807) is 37.3 Å². The van der Waals surface area contributed by atoms with Crippen LogP contribution in [0.2, 0.25) is 0 Å². The number of ketones is 1. The van der Waals surface area contributed by atoms with E-state index in [4.69, 9.17) is 4.74 Å². The van der Waals surface area contributed by atoms with Gasteiger partial charge in [0.1, 0.15) is 0 Å². The van der Waals surface area contributed by atoms with E-state index in [2.05, 4.69) is 21.2 Å². The van der Waals surface area contributed by atoms with Gasteiger partial charge >= 0.3 is 5.97 Å². The predicted octanol–water partition coefficient (Wildman–Crippen LogP) is 4.24. The molecule has 26 heavy (non-hydrogen) atoms. The fourth-order valence-corrected chi connectivity index (χ4v) is 2.45. The number of benzene rings is 2. The monoisotopic (exact) mass is 415 g/mol. The second-order valence-electron chi connectivity index (χ2n) is 5.40. The molecule has 2 rings (SSSR count). The maximum Gasteiger partial charge on any atom is 0.331 e. The van der Waals surface area contributed by atoms with Crippen LogP contribution in [0.25, 0.3) is 6.08 Å². The number of carbonyl (C=O) groups excluding carboxylic acids is 3. The molecule has 0 saturated heterocycles. The fourth-order valence-electron chi connectivity index (χ4n) is 2.03. The molecule has 1 N–H and O–H groups in total. The van der Waals surface area contributed by atoms with Gasteiger partial charge in [-0.15, -0.1) is 0 Å². The lowest BCUT2D eigenvalue weighted by Gasteiger charge is -2.05. The zero-order valence-electron chi connectivity index (χ0n) is 14.2. The van der Waals surface area contributed by atoms with Crippen LogP contribution >= 0.6 is 15.9 Å². The van der Waals surface area contributed by atoms with Gasteiger partial charge in [0.15, 0.2) is 12.4 Å². The summed E-state index contributed by atoms with van der Waals surface area (Å²) in [6.45, 7) is 1.41. The van der Waals surface area contributed by atoms with Gasteiger partial charge in [-0.05, 0) is 48.0 Å². The number of halogens is 1. The van der Waals surface area contributed by atoms with Crippen LogP contribution in [-0.2, 0) is 14.3 Å². The van der Waals surface area contributed by atoms with Crippen LogP contribution in [0.15, 0.2) is 59.1 Å². The SMILES string of the molecule is CCC(=O)Nc1ccc(C(=O)COC(=O)/C=C/c2cccc(Br)c2)cc1. The minimum Gasteiger partial charge on any atom is -0.454 e. The Kier molecular flexibility index (Phi) is 7.29. The fraction of sp³-hybridized carbons (Fsp3) is 0.150. The molecule has 0 aromatic heterocycles. The average molecular weight is 416 g/mol. The second kappa shape index (κ2) is 9.68. The molecule has 0 saturated carbocycles. The van der Waals surface area contributed by atoms with Crippen molar-refractivity contribution in [3.05, 3.63) is 70.2 Å². The van der Waals surface area contributed by atoms with Crippen molar-refractivity contribution in [2.75, 3.05) is 11.9 Å². The highest BCUT2D eigenvalue weighted by molar-refractivity contribution is 9.10. The molecular weight excluding hydrogens is 398 g/mol. The largest absolute Gasteiger partial charge is 0.454 e. The lowest BCUT2D eigenvalue weighted by Crippen LogP contribution is -2.13. The van der Waals surface area contributed by atoms with Crippen molar-refractivity contribution in [1.29, 1.82) is 0 Å². The van der Waals surface area contributed by atoms with Crippen molar-refractivity contribution >= 4 is 45.4 Å². The van der Waals surface area contributed by atoms with Gasteiger partial charge in [-0.3, -0.25) is 9.59 Å². The molecule has 2 aromatic rings. The third-order valence-corrected chi connectivity index (χ3v) is 3.91. The van der Waals surface area contributed by atoms with Gasteiger partial charge in [0.2, 0.25) is 5.91 Å². The number of carbonyl (C=O) groups is 3. The van der Waals surface area contributed by atoms with E-state index in [1.807, 2.05) is 24.3 Å². The van der Waals surface area contributed by atoms with Crippen molar-refractivity contribution in [1.82, 2.24) is 0 Å². The number of esters is 1. The van der Waals surface area contributed by atoms with Crippen molar-refractivity contribution in [3.63, 3.8) is 0 Å². The Hall–Kier alpha value is -2.73. The Morgan fingerprint density at radius 2 is 1.85 bits per heavy atom. The number of ether oxygens (including phenoxy) is 1. The number of hydrogen-bond acceptors (Lipinski definition) is 4. The van der Waals surface area contributed by atoms with Gasteiger partial charge in [-0.2, -0.15) is 0 Å². The lowest BCUT2D eigenvalue weighted by molar-refractivity contribution is -0.136. The molecule has 0 spiro atoms. The van der Waals surface area contributed by atoms with Crippen molar-refractivity contribution in [2.24, 2.45) is 0 Å². The van der Waals surface area contributed by atoms with Crippen LogP contribution in [0.3, 0.4) is 0 Å². The Bertz CT molecular complexity index is 828. The van der Waals surface area contributed by atoms with Crippen LogP contribution in [0, 0.1) is 0 Å². The standard InChI is InChI=1S/C20H18BrNO4/c1-2-19(24)22-17-9-7-15(8-10-17)18(23)13-26-20(25)11-6-14-4-3-5-16(21)12-14/h3-12H,2,13H2,1H3,(H,22,24)/b11-6+. The summed E-state index contributed by atoms with van der Waals surface area (Å²) in [6, 6.07) is 13.9. The number of amides is 1. The summed E-state index contributed by atoms with van der Waals surface area (Å²) in [4.78, 5) is 35.1. The van der Waals surface area contributed by atoms with Gasteiger partial charge in [0.25, 0.3) is 0 Å². The molecule has 0 bridgehead atoms. The molecule has 0 unspecified atom stereocenters. The van der Waals surface area contributed by atoms with Gasteiger partial charge in [-0.25, -0.2) is 4.79 Å². The molecule has 134 valence electrons. The van der Waals surface area contributed by atoms with E-state index in [0.717, 1.165) is 10.0 Å². The van der Waals surface area contributed by atoms with Crippen LogP contribution in [0.5, 0.6) is 0 Å². The predicted molar refractivity (Wildman–Crippen MR) is 104 cm³/mol. The first-order valence-corrected chi connectivity index (χ1v) is 8.80. The molecule has 0 heterocycles. The van der Waals surface area contributed by atoms with Gasteiger partial charge < -0.3 is 10.1 Å². The smallest absolute Gasteiger partial charge is 0.331 e. The van der Waals surface area contributed by atoms with Crippen molar-refractivity contribution in [3.8, 4) is 0 Å². The Morgan fingerprint density at radius 1 is 1.12 bits per heavy atom. The van der Waals surface area contributed by atoms with E-state index < -0.39 is 5.97 Å². The summed E-state index contributed by atoms with van der Waals surface area (Å²) in [7, 11) is 0. The third kappa shape index (κ3) is 6.29. The van der Waals surface area contributed by atoms with E-state index in [-0.39, 0.29) is 18.3 Å². The Balaban J connectivity index is 1.85. The van der Waals surface area contributed by atoms with E-state index >= 15 is 0 Å². The molecule has 6 heteroatoms. The molecule has 2 aromatic carbocycles. The topological polar surface area (TPSA) is 72.5 Å². The first-order valence-electron chi connectivity index (χ1n) is 8.01. The average Bonchev–Trinajstić information content (AvgIpc) is 2.65. The van der Waals surface area contributed by atoms with E-state index in [1.165, 1.54) is 6.08 Å². The summed E-state index contributed by atoms with van der Waals surface area (Å²) >= 11 is 3.35. The summed E-state index contributed by atoms with van der Waals surface area (Å²) in [5.74, 6) is -1.01. The summed E-state index contributed by atoms with van der Waals surface area (Å²) in [5.41, 5.74) is 1.86. The minimum atomic E-state index is -0.592. The molecule has 0 fully saturated rings. The molecule has 0 aliphatic heterocycles. The van der Waals surface area contributed by atoms with Crippen LogP contribution in [0.1, 0.15) is 29.3 Å². The molecule has 5 nitrogen and oxygen atoms in total. The van der Waals surface area contributed by atoms with E-state index in [9.17, 15) is 14.4 Å². The van der Waals surface area contributed by atoms with Gasteiger partial charge in [0, 0.05) is 28.2 Å². The molecular formula is C20H18BrNO4. The summed E-state index contributed by atoms with van der Waals surface area (Å²) in [5, 5.41) is 2.70. The number of rotatable bonds is 7. The molecule has 0 aliphatic carbocycles. The molecule has 0 aliphatic rings. The highest BCUT2D eigenvalue weighted by Gasteiger charge is 2.09. The molecule has 0 radical (unpaired) electrons. The van der Waals surface area contributed by atoms with Crippen LogP contribution in [0.4, 0.5) is 5.69 Å². The highest BCUT2D eigenvalue weighted by atomic mass is 79.9. The number of anilines is 1. The quantitative estimate of drug-likeness (QED) is 0.417. The number of Topliss-reactive ketones (excluding diaryl/α,β-unsaturated/α-hetero) is 1. The number of nitrogens with one attached hydrogen (secondary N) is 1. The van der Waals surface area contributed by atoms with Crippen molar-refractivity contribution < 1.29 is 19.1 Å². The molecule has 1 amide bonds. The van der Waals surface area contributed by atoms with E-state index in [0.29, 0.717) is 17.7 Å². The third-order valence-electron chi connectivity index (χ3n) is 3.42. The Labute approximate surface area is 160 Å². The Morgan fingerprint density at radius 3 is 2.50 bits per heavy atom. The van der Waals surface area contributed by atoms with Crippen LogP contribution < -0.4 is 5.32 Å². The van der Waals surface area contributed by atoms with Gasteiger partial charge in [-0.1, -0.05) is 35.0 Å². The zero-order chi connectivity index (χ0) is 18.9. The first-order chi connectivity index (χ1) is 12.5. The summed E-state index contributed by atoms with van der Waals surface area (Å²) in [6.07, 6.45) is 3.27. The zero-order valence-corrected chi connectivity index (χ0v) is 15.8. The maximum absolute atomic E-state index is 12.1.